The Morgan fingerprint density at radius 3 is 2.64 bits per heavy atom. The van der Waals surface area contributed by atoms with Crippen molar-refractivity contribution >= 4 is 52.0 Å². The Bertz CT molecular complexity index is 1220. The fourth-order valence-corrected chi connectivity index (χ4v) is 5.55. The van der Waals surface area contributed by atoms with Gasteiger partial charge in [-0.15, -0.1) is 11.3 Å². The summed E-state index contributed by atoms with van der Waals surface area (Å²) >= 11 is 7.11. The van der Waals surface area contributed by atoms with Crippen LogP contribution in [0.2, 0.25) is 4.34 Å². The number of carbonyl (C=O) groups is 3. The summed E-state index contributed by atoms with van der Waals surface area (Å²) in [5, 5.41) is 5.59. The molecule has 3 fully saturated rings. The molecular weight excluding hydrogens is 554 g/mol. The van der Waals surface area contributed by atoms with E-state index in [0.29, 0.717) is 27.4 Å². The number of hydrogen-bond donors (Lipinski definition) is 2. The second-order valence-electron chi connectivity index (χ2n) is 9.85. The lowest BCUT2D eigenvalue weighted by Crippen LogP contribution is -2.52. The van der Waals surface area contributed by atoms with E-state index in [-0.39, 0.29) is 49.0 Å². The van der Waals surface area contributed by atoms with E-state index in [4.69, 9.17) is 21.1 Å². The highest BCUT2D eigenvalue weighted by molar-refractivity contribution is 7.18. The number of alkyl halides is 2. The summed E-state index contributed by atoms with van der Waals surface area (Å²) in [6.07, 6.45) is 4.08. The monoisotopic (exact) mass is 582 g/mol. The van der Waals surface area contributed by atoms with Crippen LogP contribution in [0, 0.1) is 5.92 Å². The number of morpholine rings is 1. The van der Waals surface area contributed by atoms with Crippen LogP contribution >= 0.6 is 22.9 Å². The maximum Gasteiger partial charge on any atom is 0.387 e. The fraction of sp³-hybridized carbons (Fsp3) is 0.500. The number of thiophene rings is 1. The standard InChI is InChI=1S/C26H29ClF2N4O5S/c27-22-8-7-21(39-22)25(36)30-12-19(33(16-3-4-16)13-15-1-2-15)24(35)31-18-6-5-17(11-20(18)38-26(28)29)32-9-10-37-14-23(32)34/h5-8,11,15-16,19,26H,1-4,9-10,12-14H2,(H,30,36)(H,31,35)/t19-/m0/s1. The minimum absolute atomic E-state index is 0.0365. The number of nitrogens with zero attached hydrogens (tertiary/aromatic N) is 2. The molecule has 2 heterocycles. The van der Waals surface area contributed by atoms with Gasteiger partial charge in [-0.05, 0) is 55.9 Å². The number of nitrogens with one attached hydrogen (secondary N) is 2. The second kappa shape index (κ2) is 12.2. The number of benzene rings is 1. The SMILES string of the molecule is O=C(NC[C@@H](C(=O)Nc1ccc(N2CCOCC2=O)cc1OC(F)F)N(CC1CC1)C1CC1)c1ccc(Cl)s1. The van der Waals surface area contributed by atoms with Gasteiger partial charge in [-0.1, -0.05) is 11.6 Å². The summed E-state index contributed by atoms with van der Waals surface area (Å²) in [4.78, 5) is 42.6. The normalized spacial score (nSPS) is 18.4. The van der Waals surface area contributed by atoms with Crippen molar-refractivity contribution in [2.24, 2.45) is 5.92 Å². The van der Waals surface area contributed by atoms with Gasteiger partial charge in [0.1, 0.15) is 12.6 Å². The fourth-order valence-electron chi connectivity index (χ4n) is 4.59. The Morgan fingerprint density at radius 2 is 2.00 bits per heavy atom. The zero-order valence-corrected chi connectivity index (χ0v) is 22.6. The van der Waals surface area contributed by atoms with Crippen molar-refractivity contribution in [3.63, 3.8) is 0 Å². The Hall–Kier alpha value is -2.80. The van der Waals surface area contributed by atoms with Gasteiger partial charge in [0.15, 0.2) is 5.75 Å². The van der Waals surface area contributed by atoms with E-state index < -0.39 is 18.6 Å². The molecule has 39 heavy (non-hydrogen) atoms. The van der Waals surface area contributed by atoms with Crippen LogP contribution in [-0.4, -0.2) is 74.2 Å². The molecule has 210 valence electrons. The molecule has 13 heteroatoms. The van der Waals surface area contributed by atoms with Crippen LogP contribution in [0.1, 0.15) is 35.4 Å². The Morgan fingerprint density at radius 1 is 1.21 bits per heavy atom. The molecule has 2 N–H and O–H groups in total. The van der Waals surface area contributed by atoms with Gasteiger partial charge < -0.3 is 25.0 Å². The summed E-state index contributed by atoms with van der Waals surface area (Å²) in [5.41, 5.74) is 0.414. The number of halogens is 3. The largest absolute Gasteiger partial charge is 0.433 e. The molecule has 0 bridgehead atoms. The van der Waals surface area contributed by atoms with Gasteiger partial charge in [0.25, 0.3) is 11.8 Å². The number of rotatable bonds is 12. The molecule has 2 saturated carbocycles. The summed E-state index contributed by atoms with van der Waals surface area (Å²) in [6.45, 7) is -1.89. The first kappa shape index (κ1) is 27.8. The lowest BCUT2D eigenvalue weighted by atomic mass is 10.1. The van der Waals surface area contributed by atoms with Crippen molar-refractivity contribution < 1.29 is 32.6 Å². The van der Waals surface area contributed by atoms with Gasteiger partial charge in [-0.3, -0.25) is 19.3 Å². The van der Waals surface area contributed by atoms with Gasteiger partial charge in [-0.2, -0.15) is 8.78 Å². The van der Waals surface area contributed by atoms with E-state index >= 15 is 0 Å². The predicted octanol–water partition coefficient (Wildman–Crippen LogP) is 3.98. The first-order valence-corrected chi connectivity index (χ1v) is 14.0. The summed E-state index contributed by atoms with van der Waals surface area (Å²) in [7, 11) is 0. The number of anilines is 2. The average Bonchev–Trinajstić information content (AvgIpc) is 3.83. The molecule has 1 saturated heterocycles. The first-order valence-electron chi connectivity index (χ1n) is 12.9. The van der Waals surface area contributed by atoms with E-state index in [1.807, 2.05) is 0 Å². The minimum atomic E-state index is -3.14. The number of amides is 3. The van der Waals surface area contributed by atoms with Crippen LogP contribution in [0.3, 0.4) is 0 Å². The van der Waals surface area contributed by atoms with E-state index in [1.165, 1.54) is 17.0 Å². The molecule has 1 atom stereocenters. The lowest BCUT2D eigenvalue weighted by Gasteiger charge is -2.31. The molecule has 1 aliphatic heterocycles. The predicted molar refractivity (Wildman–Crippen MR) is 143 cm³/mol. The zero-order chi connectivity index (χ0) is 27.5. The molecule has 9 nitrogen and oxygen atoms in total. The van der Waals surface area contributed by atoms with Crippen LogP contribution < -0.4 is 20.3 Å². The lowest BCUT2D eigenvalue weighted by molar-refractivity contribution is -0.125. The van der Waals surface area contributed by atoms with Crippen molar-refractivity contribution in [1.29, 1.82) is 0 Å². The third-order valence-corrected chi connectivity index (χ3v) is 8.10. The highest BCUT2D eigenvalue weighted by atomic mass is 35.5. The van der Waals surface area contributed by atoms with Crippen molar-refractivity contribution in [3.05, 3.63) is 39.5 Å². The van der Waals surface area contributed by atoms with Gasteiger partial charge in [-0.25, -0.2) is 0 Å². The van der Waals surface area contributed by atoms with Crippen LogP contribution in [0.4, 0.5) is 20.2 Å². The van der Waals surface area contributed by atoms with Crippen LogP contribution in [0.15, 0.2) is 30.3 Å². The zero-order valence-electron chi connectivity index (χ0n) is 21.0. The van der Waals surface area contributed by atoms with Gasteiger partial charge >= 0.3 is 6.61 Å². The minimum Gasteiger partial charge on any atom is -0.433 e. The second-order valence-corrected chi connectivity index (χ2v) is 11.6. The highest BCUT2D eigenvalue weighted by Crippen LogP contribution is 2.37. The molecule has 0 spiro atoms. The highest BCUT2D eigenvalue weighted by Gasteiger charge is 2.40. The van der Waals surface area contributed by atoms with Crippen molar-refractivity contribution in [2.45, 2.75) is 44.4 Å². The molecular formula is C26H29ClF2N4O5S. The van der Waals surface area contributed by atoms with Gasteiger partial charge in [0, 0.05) is 37.4 Å². The maximum absolute atomic E-state index is 13.7. The van der Waals surface area contributed by atoms with Crippen molar-refractivity contribution in [2.75, 3.05) is 43.1 Å². The summed E-state index contributed by atoms with van der Waals surface area (Å²) in [6, 6.07) is 7.07. The average molecular weight is 583 g/mol. The van der Waals surface area contributed by atoms with Crippen LogP contribution in [0.25, 0.3) is 0 Å². The number of ether oxygens (including phenoxy) is 2. The molecule has 2 aromatic rings. The maximum atomic E-state index is 13.7. The van der Waals surface area contributed by atoms with Gasteiger partial charge in [0.2, 0.25) is 5.91 Å². The molecule has 0 unspecified atom stereocenters. The van der Waals surface area contributed by atoms with Crippen LogP contribution in [-0.2, 0) is 14.3 Å². The molecule has 3 amide bonds. The van der Waals surface area contributed by atoms with Gasteiger partial charge in [0.05, 0.1) is 21.5 Å². The van der Waals surface area contributed by atoms with E-state index in [0.717, 1.165) is 43.6 Å². The van der Waals surface area contributed by atoms with Crippen molar-refractivity contribution in [1.82, 2.24) is 10.2 Å². The van der Waals surface area contributed by atoms with Crippen molar-refractivity contribution in [3.8, 4) is 5.75 Å². The number of hydrogen-bond acceptors (Lipinski definition) is 7. The Labute approximate surface area is 233 Å². The third-order valence-electron chi connectivity index (χ3n) is 6.87. The smallest absolute Gasteiger partial charge is 0.387 e. The summed E-state index contributed by atoms with van der Waals surface area (Å²) < 4.78 is 37.0. The topological polar surface area (TPSA) is 100 Å². The molecule has 1 aromatic heterocycles. The van der Waals surface area contributed by atoms with E-state index in [9.17, 15) is 23.2 Å². The molecule has 2 aliphatic carbocycles. The third kappa shape index (κ3) is 7.24. The first-order chi connectivity index (χ1) is 18.8. The Balaban J connectivity index is 1.36. The van der Waals surface area contributed by atoms with E-state index in [1.54, 1.807) is 18.2 Å². The quantitative estimate of drug-likeness (QED) is 0.393. The molecule has 0 radical (unpaired) electrons. The molecule has 3 aliphatic rings. The number of carbonyl (C=O) groups excluding carboxylic acids is 3. The Kier molecular flexibility index (Phi) is 8.65. The molecule has 5 rings (SSSR count). The molecule has 1 aromatic carbocycles. The van der Waals surface area contributed by atoms with Crippen LogP contribution in [0.5, 0.6) is 5.75 Å². The van der Waals surface area contributed by atoms with E-state index in [2.05, 4.69) is 15.5 Å². The summed E-state index contributed by atoms with van der Waals surface area (Å²) in [5.74, 6) is -0.847.